The molecule has 8 rings (SSSR count). The third-order valence-electron chi connectivity index (χ3n) is 19.7. The van der Waals surface area contributed by atoms with Gasteiger partial charge in [0.25, 0.3) is 11.8 Å². The van der Waals surface area contributed by atoms with E-state index in [4.69, 9.17) is 45.0 Å². The summed E-state index contributed by atoms with van der Waals surface area (Å²) in [7, 11) is 5.66. The maximum absolute atomic E-state index is 15.2. The van der Waals surface area contributed by atoms with Crippen LogP contribution in [0.3, 0.4) is 0 Å². The average molecular weight is 1420 g/mol. The number of esters is 2. The number of aromatic carboxylic acids is 1. The number of hydrogen-bond acceptors (Lipinski definition) is 22. The largest absolute Gasteiger partial charge is 0.504 e. The van der Waals surface area contributed by atoms with Crippen LogP contribution in [0.4, 0.5) is 5.69 Å². The Bertz CT molecular complexity index is 4010. The Morgan fingerprint density at radius 1 is 0.608 bits per heavy atom. The number of carbonyl (C=O) groups excluding carboxylic acids is 12. The van der Waals surface area contributed by atoms with Crippen LogP contribution in [-0.2, 0) is 57.4 Å². The molecule has 4 fully saturated rings. The van der Waals surface area contributed by atoms with Crippen molar-refractivity contribution in [2.45, 2.75) is 170 Å². The lowest BCUT2D eigenvalue weighted by atomic mass is 9.83. The summed E-state index contributed by atoms with van der Waals surface area (Å²) in [5.41, 5.74) is 3.38. The summed E-state index contributed by atoms with van der Waals surface area (Å²) in [5.74, 6) is -18.2. The Morgan fingerprint density at radius 2 is 1.02 bits per heavy atom. The number of nitrogens with zero attached hydrogens (tertiary/aromatic N) is 5. The number of likely N-dealkylation sites (N-methyl/N-ethyl adjacent to an activating group) is 4. The first-order valence-corrected chi connectivity index (χ1v) is 34.0. The molecule has 3 heterocycles. The second-order valence-electron chi connectivity index (χ2n) is 28.4. The number of hydrogen-bond donors (Lipinski definition) is 9. The van der Waals surface area contributed by atoms with Crippen LogP contribution in [0.5, 0.6) is 17.2 Å². The molecule has 0 radical (unpaired) electrons. The van der Waals surface area contributed by atoms with Gasteiger partial charge in [-0.1, -0.05) is 74.3 Å². The summed E-state index contributed by atoms with van der Waals surface area (Å²) in [4.78, 5) is 207. The van der Waals surface area contributed by atoms with Gasteiger partial charge in [-0.15, -0.1) is 0 Å². The number of phenolic OH excluding ortho intramolecular Hbond substituents is 3. The number of rotatable bonds is 9. The molecule has 8 amide bonds. The Labute approximate surface area is 589 Å². The maximum Gasteiger partial charge on any atom is 0.335 e. The molecule has 3 aliphatic heterocycles. The fourth-order valence-electron chi connectivity index (χ4n) is 13.9. The number of nitrogen functional groups attached to an aromatic ring is 1. The van der Waals surface area contributed by atoms with Crippen molar-refractivity contribution >= 4 is 93.5 Å². The molecule has 12 atom stereocenters. The van der Waals surface area contributed by atoms with E-state index in [0.717, 1.165) is 21.9 Å². The first-order valence-electron chi connectivity index (χ1n) is 34.0. The van der Waals surface area contributed by atoms with Crippen LogP contribution in [-0.4, -0.2) is 211 Å². The quantitative estimate of drug-likeness (QED) is 0.0503. The molecule has 2 aromatic carbocycles. The second kappa shape index (κ2) is 32.2. The highest BCUT2D eigenvalue weighted by atomic mass is 16.6. The van der Waals surface area contributed by atoms with Crippen molar-refractivity contribution in [3.8, 4) is 28.7 Å². The highest BCUT2D eigenvalue weighted by Gasteiger charge is 2.48. The number of aryl methyl sites for hydroxylation is 1. The monoisotopic (exact) mass is 1420 g/mol. The number of nitrogens with one attached hydrogen (secondary N) is 4. The maximum atomic E-state index is 15.2. The molecule has 31 heteroatoms. The van der Waals surface area contributed by atoms with Crippen LogP contribution in [0.25, 0.3) is 22.6 Å². The lowest BCUT2D eigenvalue weighted by molar-refractivity contribution is -0.163. The molecule has 10 N–H and O–H groups in total. The number of aromatic nitrogens is 1. The van der Waals surface area contributed by atoms with Gasteiger partial charge in [-0.2, -0.15) is 0 Å². The number of fused-ring (bicyclic) bond motifs is 4. The lowest BCUT2D eigenvalue weighted by Gasteiger charge is -2.35. The number of anilines is 1. The van der Waals surface area contributed by atoms with Gasteiger partial charge in [-0.25, -0.2) is 19.4 Å². The minimum atomic E-state index is -1.86. The van der Waals surface area contributed by atoms with Crippen molar-refractivity contribution in [3.63, 3.8) is 0 Å². The fourth-order valence-corrected chi connectivity index (χ4v) is 13.9. The zero-order valence-corrected chi connectivity index (χ0v) is 60.2. The number of Topliss-reactive ketones (excluding diaryl/α,β-unsaturated/α-hetero) is 2. The zero-order chi connectivity index (χ0) is 76.3. The van der Waals surface area contributed by atoms with Crippen molar-refractivity contribution in [1.82, 2.24) is 45.9 Å². The van der Waals surface area contributed by atoms with Gasteiger partial charge in [0.05, 0.1) is 47.6 Å². The molecule has 554 valence electrons. The van der Waals surface area contributed by atoms with E-state index in [1.165, 1.54) is 70.9 Å². The van der Waals surface area contributed by atoms with E-state index in [0.29, 0.717) is 44.1 Å². The Morgan fingerprint density at radius 3 is 1.42 bits per heavy atom. The van der Waals surface area contributed by atoms with E-state index >= 15 is 9.59 Å². The van der Waals surface area contributed by atoms with Gasteiger partial charge >= 0.3 is 17.9 Å². The van der Waals surface area contributed by atoms with Gasteiger partial charge in [0.15, 0.2) is 40.2 Å². The SMILES string of the molecule is Cc1c2oc3c(C)ccc(C(=O)NC4C(=O)NC(C(C)C)C(=O)C5CCCC5C(=O)N(C)CC(=O)N(C)C(C(C)C)C(=O)OC4C)c3nc-2c(C(=O)NC2C(=O)NC(C(C)C)C(=O)C3CCCC3C(=O)N(C)CC(=O)N(C)C(C(C)C)C(=O)OC2C)c(N)c1=O.O=C(O)c1cc(O)c(O)c(O)c1. The van der Waals surface area contributed by atoms with Crippen LogP contribution in [0.2, 0.25) is 0 Å². The normalized spacial score (nSPS) is 25.7. The predicted octanol–water partition coefficient (Wildman–Crippen LogP) is 3.22. The molecule has 3 aliphatic carbocycles. The molecular formula is C71H94N10O21. The van der Waals surface area contributed by atoms with E-state index in [1.807, 2.05) is 0 Å². The van der Waals surface area contributed by atoms with Crippen molar-refractivity contribution in [3.05, 3.63) is 62.3 Å². The molecular weight excluding hydrogens is 1330 g/mol. The number of phenols is 3. The van der Waals surface area contributed by atoms with Gasteiger partial charge in [-0.05, 0) is 101 Å². The molecule has 31 nitrogen and oxygen atoms in total. The number of aromatic hydroxyl groups is 3. The number of benzene rings is 3. The molecule has 0 bridgehead atoms. The van der Waals surface area contributed by atoms with Crippen LogP contribution >= 0.6 is 0 Å². The highest BCUT2D eigenvalue weighted by Crippen LogP contribution is 2.40. The smallest absolute Gasteiger partial charge is 0.335 e. The molecule has 0 aromatic heterocycles. The van der Waals surface area contributed by atoms with Crippen molar-refractivity contribution in [2.24, 2.45) is 47.3 Å². The fraction of sp³-hybridized carbons (Fsp3) is 0.563. The van der Waals surface area contributed by atoms with Crippen molar-refractivity contribution in [2.75, 3.05) is 47.0 Å². The molecule has 2 aromatic rings. The number of carbonyl (C=O) groups is 13. The number of carboxylic acid groups (broad SMARTS) is 1. The summed E-state index contributed by atoms with van der Waals surface area (Å²) in [6.07, 6.45) is -0.654. The molecule has 102 heavy (non-hydrogen) atoms. The topological polar surface area (TPSA) is 451 Å². The van der Waals surface area contributed by atoms with Gasteiger partial charge in [-0.3, -0.25) is 52.7 Å². The van der Waals surface area contributed by atoms with Gasteiger partial charge in [0, 0.05) is 57.4 Å². The van der Waals surface area contributed by atoms with E-state index in [1.54, 1.807) is 62.3 Å². The van der Waals surface area contributed by atoms with Crippen LogP contribution in [0, 0.1) is 61.2 Å². The minimum Gasteiger partial charge on any atom is -0.504 e. The molecule has 2 saturated heterocycles. The Hall–Kier alpha value is -10.2. The summed E-state index contributed by atoms with van der Waals surface area (Å²) < 4.78 is 18.3. The van der Waals surface area contributed by atoms with E-state index in [2.05, 4.69) is 21.3 Å². The molecule has 12 unspecified atom stereocenters. The van der Waals surface area contributed by atoms with E-state index in [9.17, 15) is 57.5 Å². The van der Waals surface area contributed by atoms with E-state index < -0.39 is 220 Å². The third kappa shape index (κ3) is 16.5. The third-order valence-corrected chi connectivity index (χ3v) is 19.7. The Kier molecular flexibility index (Phi) is 25.0. The van der Waals surface area contributed by atoms with Crippen molar-refractivity contribution < 1.29 is 96.6 Å². The summed E-state index contributed by atoms with van der Waals surface area (Å²) >= 11 is 0. The summed E-state index contributed by atoms with van der Waals surface area (Å²) in [6, 6.07) is -4.03. The summed E-state index contributed by atoms with van der Waals surface area (Å²) in [5, 5.41) is 45.8. The first kappa shape index (κ1) is 79.1. The van der Waals surface area contributed by atoms with Gasteiger partial charge < -0.3 is 80.9 Å². The standard InChI is InChI=1S/C64H88N10O16.C7H6O5/c1-27(2)44-53(78)35-19-17-21-37(35)61(84)71(13)25-40(75)73(15)50(29(5)6)63(86)88-33(11)46(59(82)67-44)69-57(80)39-24-23-31(9)55-48(39)66-49-42(43(65)52(77)32(10)56(49)90-55)58(81)70-47-34(12)89-64(87)51(30(7)8)74(16)41(76)26-72(14)62(85)38-22-18-20-36(38)54(79)45(28(3)4)68-60(47)83;8-4-1-3(7(11)12)2-5(9)6(4)10/h23-24,27-30,33-38,44-47,50-51H,17-22,25-26,65H2,1-16H3,(H,67,82)(H,68,83)(H,69,80)(H,70,81);1-2,8-10H,(H,11,12). The molecule has 2 saturated carbocycles. The number of nitrogens with two attached hydrogens (primary N) is 1. The van der Waals surface area contributed by atoms with Crippen LogP contribution in [0.15, 0.2) is 33.5 Å². The van der Waals surface area contributed by atoms with Gasteiger partial charge in [0.2, 0.25) is 40.9 Å². The van der Waals surface area contributed by atoms with Crippen molar-refractivity contribution in [1.29, 1.82) is 0 Å². The second-order valence-corrected chi connectivity index (χ2v) is 28.4. The van der Waals surface area contributed by atoms with Crippen LogP contribution in [0.1, 0.15) is 150 Å². The van der Waals surface area contributed by atoms with Crippen LogP contribution < -0.4 is 32.4 Å². The lowest BCUT2D eigenvalue weighted by Crippen LogP contribution is -2.59. The Balaban J connectivity index is 0.00000110. The summed E-state index contributed by atoms with van der Waals surface area (Å²) in [6.45, 7) is 18.3. The number of cyclic esters (lactones) is 2. The number of ether oxygens (including phenoxy) is 2. The van der Waals surface area contributed by atoms with E-state index in [-0.39, 0.29) is 39.2 Å². The number of carboxylic acids is 1. The first-order chi connectivity index (χ1) is 47.6. The zero-order valence-electron chi connectivity index (χ0n) is 60.2. The number of ketones is 2. The average Bonchev–Trinajstić information content (AvgIpc) is 0.970. The highest BCUT2D eigenvalue weighted by molar-refractivity contribution is 6.11. The molecule has 6 aliphatic rings. The van der Waals surface area contributed by atoms with Gasteiger partial charge in [0.1, 0.15) is 47.6 Å². The minimum absolute atomic E-state index is 0.0668. The predicted molar refractivity (Wildman–Crippen MR) is 366 cm³/mol. The molecule has 0 spiro atoms. The number of amides is 8.